The van der Waals surface area contributed by atoms with Crippen molar-refractivity contribution in [3.8, 4) is 11.5 Å². The molecule has 0 spiro atoms. The molecule has 0 saturated carbocycles. The quantitative estimate of drug-likeness (QED) is 0.179. The Bertz CT molecular complexity index is 1100. The van der Waals surface area contributed by atoms with Crippen LogP contribution in [-0.2, 0) is 17.6 Å². The van der Waals surface area contributed by atoms with Crippen molar-refractivity contribution in [2.75, 3.05) is 32.9 Å². The molecule has 4 rings (SSSR count). The highest BCUT2D eigenvalue weighted by Crippen LogP contribution is 2.34. The third kappa shape index (κ3) is 6.79. The molecule has 1 aromatic heterocycles. The maximum absolute atomic E-state index is 10.4. The average Bonchev–Trinajstić information content (AvgIpc) is 3.34. The van der Waals surface area contributed by atoms with E-state index >= 15 is 0 Å². The molecule has 10 heteroatoms. The van der Waals surface area contributed by atoms with Gasteiger partial charge in [-0.25, -0.2) is 0 Å². The molecule has 0 radical (unpaired) electrons. The van der Waals surface area contributed by atoms with Crippen LogP contribution in [0.25, 0.3) is 11.0 Å². The summed E-state index contributed by atoms with van der Waals surface area (Å²) in [5.74, 6) is 1.21. The molecule has 0 bridgehead atoms. The number of furan rings is 1. The Morgan fingerprint density at radius 2 is 1.70 bits per heavy atom. The second kappa shape index (κ2) is 13.2. The molecule has 202 valence electrons. The van der Waals surface area contributed by atoms with Crippen molar-refractivity contribution in [1.82, 2.24) is 5.32 Å². The third-order valence-electron chi connectivity index (χ3n) is 6.39. The number of ether oxygens (including phenoxy) is 3. The Morgan fingerprint density at radius 3 is 2.46 bits per heavy atom. The fourth-order valence-corrected chi connectivity index (χ4v) is 4.31. The molecule has 6 N–H and O–H groups in total. The van der Waals surface area contributed by atoms with Gasteiger partial charge in [-0.15, -0.1) is 0 Å². The minimum atomic E-state index is -1.52. The molecule has 1 fully saturated rings. The van der Waals surface area contributed by atoms with Crippen molar-refractivity contribution in [1.29, 1.82) is 0 Å². The molecule has 0 aliphatic carbocycles. The van der Waals surface area contributed by atoms with Crippen molar-refractivity contribution in [3.63, 3.8) is 0 Å². The van der Waals surface area contributed by atoms with Gasteiger partial charge < -0.3 is 49.5 Å². The summed E-state index contributed by atoms with van der Waals surface area (Å²) in [6.07, 6.45) is -2.87. The van der Waals surface area contributed by atoms with Gasteiger partial charge in [-0.3, -0.25) is 0 Å². The number of hydrogen-bond donors (Lipinski definition) is 6. The molecule has 2 aromatic carbocycles. The van der Waals surface area contributed by atoms with E-state index in [0.29, 0.717) is 30.9 Å². The molecule has 10 nitrogen and oxygen atoms in total. The molecule has 3 aromatic rings. The molecule has 37 heavy (non-hydrogen) atoms. The summed E-state index contributed by atoms with van der Waals surface area (Å²) >= 11 is 0. The molecular weight excluding hydrogens is 482 g/mol. The van der Waals surface area contributed by atoms with Crippen LogP contribution < -0.4 is 14.8 Å². The van der Waals surface area contributed by atoms with Gasteiger partial charge in [0.15, 0.2) is 0 Å². The largest absolute Gasteiger partial charge is 0.494 e. The van der Waals surface area contributed by atoms with Gasteiger partial charge in [0.1, 0.15) is 41.5 Å². The van der Waals surface area contributed by atoms with E-state index in [9.17, 15) is 20.4 Å². The summed E-state index contributed by atoms with van der Waals surface area (Å²) in [6, 6.07) is 13.2. The predicted octanol–water partition coefficient (Wildman–Crippen LogP) is 0.747. The summed E-state index contributed by atoms with van der Waals surface area (Å²) in [5, 5.41) is 52.5. The number of hydrogen-bond acceptors (Lipinski definition) is 10. The lowest BCUT2D eigenvalue weighted by Gasteiger charge is -2.39. The van der Waals surface area contributed by atoms with E-state index in [2.05, 4.69) is 5.32 Å². The van der Waals surface area contributed by atoms with E-state index in [1.54, 1.807) is 18.4 Å². The minimum absolute atomic E-state index is 0.128. The summed E-state index contributed by atoms with van der Waals surface area (Å²) in [7, 11) is 0. The summed E-state index contributed by atoms with van der Waals surface area (Å²) < 4.78 is 22.9. The Labute approximate surface area is 215 Å². The number of benzene rings is 2. The summed E-state index contributed by atoms with van der Waals surface area (Å²) in [6.45, 7) is 1.57. The van der Waals surface area contributed by atoms with E-state index < -0.39 is 37.3 Å². The van der Waals surface area contributed by atoms with E-state index in [4.69, 9.17) is 23.7 Å². The van der Waals surface area contributed by atoms with Crippen LogP contribution in [0.15, 0.2) is 53.1 Å². The topological polar surface area (TPSA) is 154 Å². The zero-order valence-electron chi connectivity index (χ0n) is 20.5. The lowest BCUT2D eigenvalue weighted by molar-refractivity contribution is -0.277. The number of aliphatic hydroxyl groups excluding tert-OH is 5. The van der Waals surface area contributed by atoms with Gasteiger partial charge in [0.25, 0.3) is 0 Å². The smallest absolute Gasteiger partial charge is 0.229 e. The summed E-state index contributed by atoms with van der Waals surface area (Å²) in [5.41, 5.74) is 2.64. The predicted molar refractivity (Wildman–Crippen MR) is 135 cm³/mol. The first-order valence-corrected chi connectivity index (χ1v) is 12.5. The SMILES string of the molecule is OCCNCCCOc1ccc(CCc2coc3cccc(O[C@@H]4O[C@H](CO)[C@@H](O)[C@H](O)[C@H]4O)c23)cc1. The van der Waals surface area contributed by atoms with Crippen LogP contribution in [-0.4, -0.2) is 89.1 Å². The van der Waals surface area contributed by atoms with Crippen molar-refractivity contribution in [2.45, 2.75) is 50.0 Å². The lowest BCUT2D eigenvalue weighted by Crippen LogP contribution is -2.60. The maximum atomic E-state index is 10.4. The first-order valence-electron chi connectivity index (χ1n) is 12.5. The zero-order chi connectivity index (χ0) is 26.2. The second-order valence-corrected chi connectivity index (χ2v) is 9.02. The van der Waals surface area contributed by atoms with Gasteiger partial charge in [0.05, 0.1) is 31.5 Å². The zero-order valence-corrected chi connectivity index (χ0v) is 20.5. The van der Waals surface area contributed by atoms with Gasteiger partial charge in [-0.2, -0.15) is 0 Å². The molecule has 1 aliphatic heterocycles. The van der Waals surface area contributed by atoms with Gasteiger partial charge in [-0.1, -0.05) is 18.2 Å². The van der Waals surface area contributed by atoms with Crippen LogP contribution in [0.2, 0.25) is 0 Å². The van der Waals surface area contributed by atoms with E-state index in [-0.39, 0.29) is 6.61 Å². The Morgan fingerprint density at radius 1 is 0.892 bits per heavy atom. The fourth-order valence-electron chi connectivity index (χ4n) is 4.31. The van der Waals surface area contributed by atoms with Crippen molar-refractivity contribution >= 4 is 11.0 Å². The highest BCUT2D eigenvalue weighted by Gasteiger charge is 2.44. The molecular formula is C27H35NO9. The van der Waals surface area contributed by atoms with Crippen LogP contribution >= 0.6 is 0 Å². The average molecular weight is 518 g/mol. The Balaban J connectivity index is 1.38. The lowest BCUT2D eigenvalue weighted by atomic mass is 9.99. The van der Waals surface area contributed by atoms with Crippen LogP contribution in [0.3, 0.4) is 0 Å². The van der Waals surface area contributed by atoms with Gasteiger partial charge in [0.2, 0.25) is 6.29 Å². The standard InChI is InChI=1S/C27H35NO9/c29-13-12-28-11-2-14-34-19-9-6-17(7-10-19)5-8-18-16-35-20-3-1-4-21(23(18)20)36-27-26(33)25(32)24(31)22(15-30)37-27/h1,3-4,6-7,9-10,16,22,24-33H,2,5,8,11-15H2/t22-,24-,25+,26-,27-/m1/s1. The van der Waals surface area contributed by atoms with E-state index in [1.807, 2.05) is 30.3 Å². The maximum Gasteiger partial charge on any atom is 0.229 e. The Hall–Kier alpha value is -2.70. The second-order valence-electron chi connectivity index (χ2n) is 9.02. The fraction of sp³-hybridized carbons (Fsp3) is 0.481. The molecule has 0 amide bonds. The highest BCUT2D eigenvalue weighted by molar-refractivity contribution is 5.87. The number of rotatable bonds is 13. The minimum Gasteiger partial charge on any atom is -0.494 e. The first kappa shape index (κ1) is 27.3. The van der Waals surface area contributed by atoms with Crippen molar-refractivity contribution in [2.24, 2.45) is 0 Å². The van der Waals surface area contributed by atoms with Crippen molar-refractivity contribution in [3.05, 3.63) is 59.9 Å². The van der Waals surface area contributed by atoms with Crippen LogP contribution in [0, 0.1) is 0 Å². The molecule has 0 unspecified atom stereocenters. The highest BCUT2D eigenvalue weighted by atomic mass is 16.7. The Kier molecular flexibility index (Phi) is 9.75. The third-order valence-corrected chi connectivity index (χ3v) is 6.39. The van der Waals surface area contributed by atoms with E-state index in [0.717, 1.165) is 41.6 Å². The molecule has 1 saturated heterocycles. The van der Waals surface area contributed by atoms with Gasteiger partial charge >= 0.3 is 0 Å². The molecule has 1 aliphatic rings. The number of fused-ring (bicyclic) bond motifs is 1. The monoisotopic (exact) mass is 517 g/mol. The van der Waals surface area contributed by atoms with E-state index in [1.165, 1.54) is 0 Å². The summed E-state index contributed by atoms with van der Waals surface area (Å²) in [4.78, 5) is 0. The van der Waals surface area contributed by atoms with Crippen LogP contribution in [0.4, 0.5) is 0 Å². The first-order chi connectivity index (χ1) is 18.0. The number of aliphatic hydroxyl groups is 5. The van der Waals surface area contributed by atoms with Crippen LogP contribution in [0.1, 0.15) is 17.5 Å². The van der Waals surface area contributed by atoms with Crippen molar-refractivity contribution < 1.29 is 44.2 Å². The normalized spacial score (nSPS) is 23.9. The van der Waals surface area contributed by atoms with Gasteiger partial charge in [0, 0.05) is 12.1 Å². The number of aryl methyl sites for hydroxylation is 2. The molecule has 5 atom stereocenters. The molecule has 2 heterocycles. The number of nitrogens with one attached hydrogen (secondary N) is 1. The van der Waals surface area contributed by atoms with Gasteiger partial charge in [-0.05, 0) is 55.6 Å². The van der Waals surface area contributed by atoms with Crippen LogP contribution in [0.5, 0.6) is 11.5 Å².